The van der Waals surface area contributed by atoms with Crippen LogP contribution in [0.15, 0.2) is 24.3 Å². The van der Waals surface area contributed by atoms with Crippen molar-refractivity contribution in [3.8, 4) is 5.75 Å². The van der Waals surface area contributed by atoms with Gasteiger partial charge in [-0.1, -0.05) is 19.1 Å². The van der Waals surface area contributed by atoms with Crippen molar-refractivity contribution in [1.82, 2.24) is 10.6 Å². The topological polar surface area (TPSA) is 50.4 Å². The molecule has 1 aromatic carbocycles. The van der Waals surface area contributed by atoms with E-state index in [1.165, 1.54) is 12.8 Å². The van der Waals surface area contributed by atoms with Crippen LogP contribution in [0.1, 0.15) is 25.3 Å². The summed E-state index contributed by atoms with van der Waals surface area (Å²) in [5.41, 5.74) is 1.16. The largest absolute Gasteiger partial charge is 0.497 e. The molecular formula is C16H24N2O2. The lowest BCUT2D eigenvalue weighted by molar-refractivity contribution is -0.121. The number of benzene rings is 1. The van der Waals surface area contributed by atoms with Crippen LogP contribution < -0.4 is 15.4 Å². The summed E-state index contributed by atoms with van der Waals surface area (Å²) in [6.07, 6.45) is 2.75. The van der Waals surface area contributed by atoms with E-state index >= 15 is 0 Å². The fourth-order valence-electron chi connectivity index (χ4n) is 2.61. The van der Waals surface area contributed by atoms with Crippen molar-refractivity contribution in [3.05, 3.63) is 29.8 Å². The van der Waals surface area contributed by atoms with Crippen LogP contribution in [0.25, 0.3) is 0 Å². The third-order valence-corrected chi connectivity index (χ3v) is 3.90. The van der Waals surface area contributed by atoms with Crippen molar-refractivity contribution in [2.45, 2.75) is 26.2 Å². The number of piperidine rings is 1. The van der Waals surface area contributed by atoms with Crippen LogP contribution in [0.2, 0.25) is 0 Å². The number of carbonyl (C=O) groups is 1. The first-order chi connectivity index (χ1) is 9.61. The lowest BCUT2D eigenvalue weighted by Gasteiger charge is -2.34. The molecule has 1 unspecified atom stereocenters. The summed E-state index contributed by atoms with van der Waals surface area (Å²) in [4.78, 5) is 12.0. The minimum Gasteiger partial charge on any atom is -0.497 e. The van der Waals surface area contributed by atoms with Crippen LogP contribution in [-0.2, 0) is 11.2 Å². The molecule has 1 saturated heterocycles. The van der Waals surface area contributed by atoms with Gasteiger partial charge in [-0.15, -0.1) is 0 Å². The summed E-state index contributed by atoms with van der Waals surface area (Å²) < 4.78 is 5.17. The molecule has 1 fully saturated rings. The van der Waals surface area contributed by atoms with Crippen molar-refractivity contribution in [2.75, 3.05) is 26.7 Å². The third kappa shape index (κ3) is 4.23. The maximum absolute atomic E-state index is 12.0. The molecule has 1 aliphatic rings. The highest BCUT2D eigenvalue weighted by atomic mass is 16.5. The molecule has 0 spiro atoms. The number of nitrogens with one attached hydrogen (secondary N) is 2. The lowest BCUT2D eigenvalue weighted by atomic mass is 9.83. The molecule has 0 aromatic heterocycles. The quantitative estimate of drug-likeness (QED) is 0.861. The molecule has 4 nitrogen and oxygen atoms in total. The van der Waals surface area contributed by atoms with E-state index in [4.69, 9.17) is 4.74 Å². The van der Waals surface area contributed by atoms with Crippen LogP contribution in [0.4, 0.5) is 0 Å². The monoisotopic (exact) mass is 276 g/mol. The average Bonchev–Trinajstić information content (AvgIpc) is 2.46. The normalized spacial score (nSPS) is 22.3. The average molecular weight is 276 g/mol. The Morgan fingerprint density at radius 1 is 1.50 bits per heavy atom. The predicted molar refractivity (Wildman–Crippen MR) is 79.9 cm³/mol. The number of hydrogen-bond donors (Lipinski definition) is 2. The van der Waals surface area contributed by atoms with Crippen LogP contribution in [0.5, 0.6) is 5.75 Å². The summed E-state index contributed by atoms with van der Waals surface area (Å²) >= 11 is 0. The maximum Gasteiger partial charge on any atom is 0.224 e. The Morgan fingerprint density at radius 3 is 3.05 bits per heavy atom. The second-order valence-corrected chi connectivity index (χ2v) is 5.90. The van der Waals surface area contributed by atoms with E-state index in [9.17, 15) is 4.79 Å². The van der Waals surface area contributed by atoms with Gasteiger partial charge in [-0.2, -0.15) is 0 Å². The summed E-state index contributed by atoms with van der Waals surface area (Å²) in [5, 5.41) is 6.46. The molecule has 2 rings (SSSR count). The van der Waals surface area contributed by atoms with E-state index in [-0.39, 0.29) is 11.3 Å². The zero-order chi connectivity index (χ0) is 14.4. The molecule has 1 atom stereocenters. The number of rotatable bonds is 5. The molecule has 1 amide bonds. The molecule has 110 valence electrons. The van der Waals surface area contributed by atoms with Gasteiger partial charge in [0, 0.05) is 13.1 Å². The molecular weight excluding hydrogens is 252 g/mol. The molecule has 0 saturated carbocycles. The second-order valence-electron chi connectivity index (χ2n) is 5.90. The highest BCUT2D eigenvalue weighted by Gasteiger charge is 2.26. The molecule has 0 bridgehead atoms. The Kier molecular flexibility index (Phi) is 5.01. The van der Waals surface area contributed by atoms with Crippen LogP contribution in [0.3, 0.4) is 0 Å². The second kappa shape index (κ2) is 6.75. The van der Waals surface area contributed by atoms with E-state index in [1.54, 1.807) is 7.11 Å². The minimum absolute atomic E-state index is 0.0741. The highest BCUT2D eigenvalue weighted by Crippen LogP contribution is 2.24. The van der Waals surface area contributed by atoms with Gasteiger partial charge in [0.15, 0.2) is 0 Å². The Bertz CT molecular complexity index is 454. The highest BCUT2D eigenvalue weighted by molar-refractivity contribution is 5.78. The number of ether oxygens (including phenoxy) is 1. The van der Waals surface area contributed by atoms with Crippen LogP contribution in [-0.4, -0.2) is 32.7 Å². The first kappa shape index (κ1) is 14.9. The number of amides is 1. The van der Waals surface area contributed by atoms with Crippen molar-refractivity contribution in [1.29, 1.82) is 0 Å². The van der Waals surface area contributed by atoms with E-state index < -0.39 is 0 Å². The standard InChI is InChI=1S/C16H24N2O2/c1-16(7-4-8-17-11-16)12-18-15(19)10-13-5-3-6-14(9-13)20-2/h3,5-6,9,17H,4,7-8,10-12H2,1-2H3,(H,18,19). The number of hydrogen-bond acceptors (Lipinski definition) is 3. The first-order valence-electron chi connectivity index (χ1n) is 7.22. The van der Waals surface area contributed by atoms with Crippen LogP contribution in [0, 0.1) is 5.41 Å². The Labute approximate surface area is 120 Å². The van der Waals surface area contributed by atoms with Gasteiger partial charge in [0.25, 0.3) is 0 Å². The summed E-state index contributed by atoms with van der Waals surface area (Å²) in [7, 11) is 1.64. The third-order valence-electron chi connectivity index (χ3n) is 3.90. The van der Waals surface area contributed by atoms with E-state index in [1.807, 2.05) is 24.3 Å². The molecule has 0 radical (unpaired) electrons. The van der Waals surface area contributed by atoms with Gasteiger partial charge in [0.2, 0.25) is 5.91 Å². The van der Waals surface area contributed by atoms with Crippen molar-refractivity contribution >= 4 is 5.91 Å². The SMILES string of the molecule is COc1cccc(CC(=O)NCC2(C)CCCNC2)c1. The Balaban J connectivity index is 1.82. The van der Waals surface area contributed by atoms with E-state index in [0.717, 1.165) is 30.9 Å². The van der Waals surface area contributed by atoms with Crippen molar-refractivity contribution < 1.29 is 9.53 Å². The number of methoxy groups -OCH3 is 1. The van der Waals surface area contributed by atoms with Gasteiger partial charge in [0.1, 0.15) is 5.75 Å². The van der Waals surface area contributed by atoms with Gasteiger partial charge in [-0.25, -0.2) is 0 Å². The van der Waals surface area contributed by atoms with Crippen molar-refractivity contribution in [3.63, 3.8) is 0 Å². The molecule has 0 aliphatic carbocycles. The molecule has 1 heterocycles. The van der Waals surface area contributed by atoms with Crippen LogP contribution >= 0.6 is 0 Å². The Hall–Kier alpha value is -1.55. The van der Waals surface area contributed by atoms with Gasteiger partial charge < -0.3 is 15.4 Å². The predicted octanol–water partition coefficient (Wildman–Crippen LogP) is 1.74. The van der Waals surface area contributed by atoms with Crippen molar-refractivity contribution in [2.24, 2.45) is 5.41 Å². The summed E-state index contributed by atoms with van der Waals surface area (Å²) in [6.45, 7) is 5.04. The first-order valence-corrected chi connectivity index (χ1v) is 7.22. The van der Waals surface area contributed by atoms with Gasteiger partial charge in [-0.3, -0.25) is 4.79 Å². The Morgan fingerprint density at radius 2 is 2.35 bits per heavy atom. The number of carbonyl (C=O) groups excluding carboxylic acids is 1. The van der Waals surface area contributed by atoms with Gasteiger partial charge in [-0.05, 0) is 42.5 Å². The van der Waals surface area contributed by atoms with Gasteiger partial charge >= 0.3 is 0 Å². The van der Waals surface area contributed by atoms with E-state index in [0.29, 0.717) is 6.42 Å². The smallest absolute Gasteiger partial charge is 0.224 e. The zero-order valence-corrected chi connectivity index (χ0v) is 12.4. The molecule has 1 aliphatic heterocycles. The zero-order valence-electron chi connectivity index (χ0n) is 12.4. The fourth-order valence-corrected chi connectivity index (χ4v) is 2.61. The fraction of sp³-hybridized carbons (Fsp3) is 0.562. The van der Waals surface area contributed by atoms with E-state index in [2.05, 4.69) is 17.6 Å². The molecule has 20 heavy (non-hydrogen) atoms. The lowest BCUT2D eigenvalue weighted by Crippen LogP contribution is -2.45. The molecule has 2 N–H and O–H groups in total. The maximum atomic E-state index is 12.0. The summed E-state index contributed by atoms with van der Waals surface area (Å²) in [6, 6.07) is 7.65. The van der Waals surface area contributed by atoms with Gasteiger partial charge in [0.05, 0.1) is 13.5 Å². The molecule has 4 heteroatoms. The minimum atomic E-state index is 0.0741. The molecule has 1 aromatic rings. The summed E-state index contributed by atoms with van der Waals surface area (Å²) in [5.74, 6) is 0.865.